The second kappa shape index (κ2) is 9.99. The topological polar surface area (TPSA) is 76.2 Å². The summed E-state index contributed by atoms with van der Waals surface area (Å²) in [6.45, 7) is 5.70. The van der Waals surface area contributed by atoms with E-state index in [9.17, 15) is 4.79 Å². The van der Waals surface area contributed by atoms with E-state index >= 15 is 0 Å². The average Bonchev–Trinajstić information content (AvgIpc) is 3.44. The van der Waals surface area contributed by atoms with Crippen molar-refractivity contribution in [2.24, 2.45) is 5.92 Å². The molecule has 0 unspecified atom stereocenters. The molecule has 2 aromatic heterocycles. The Balaban J connectivity index is 1.31. The quantitative estimate of drug-likeness (QED) is 0.410. The highest BCUT2D eigenvalue weighted by atomic mass is 35.5. The third-order valence-electron chi connectivity index (χ3n) is 6.41. The molecule has 34 heavy (non-hydrogen) atoms. The Hall–Kier alpha value is -3.16. The molecule has 4 aromatic rings. The van der Waals surface area contributed by atoms with Gasteiger partial charge in [0.15, 0.2) is 0 Å². The van der Waals surface area contributed by atoms with E-state index in [-0.39, 0.29) is 12.5 Å². The third kappa shape index (κ3) is 5.16. The molecule has 2 aromatic carbocycles. The summed E-state index contributed by atoms with van der Waals surface area (Å²) < 4.78 is 7.98. The standard InChI is InChI=1S/C26H28ClN5O2/c1-18-9-11-31(12-10-18)17-25-29-30-26(34-25)22-15-32(23-8-3-2-7-21(22)23)16-24(33)28-14-19-5-4-6-20(27)13-19/h2-8,13,15,18H,9-12,14,16-17H2,1H3,(H,28,33). The van der Waals surface area contributed by atoms with Gasteiger partial charge in [-0.3, -0.25) is 9.69 Å². The number of hydrogen-bond acceptors (Lipinski definition) is 5. The predicted molar refractivity (Wildman–Crippen MR) is 132 cm³/mol. The molecule has 176 valence electrons. The molecule has 8 heteroatoms. The van der Waals surface area contributed by atoms with E-state index in [1.54, 1.807) is 0 Å². The van der Waals surface area contributed by atoms with Crippen LogP contribution in [0.25, 0.3) is 22.4 Å². The molecule has 0 saturated carbocycles. The SMILES string of the molecule is CC1CCN(Cc2nnc(-c3cn(CC(=O)NCc4cccc(Cl)c4)c4ccccc34)o2)CC1. The summed E-state index contributed by atoms with van der Waals surface area (Å²) in [7, 11) is 0. The van der Waals surface area contributed by atoms with E-state index in [2.05, 4.69) is 27.3 Å². The van der Waals surface area contributed by atoms with Crippen molar-refractivity contribution >= 4 is 28.4 Å². The number of carbonyl (C=O) groups excluding carboxylic acids is 1. The van der Waals surface area contributed by atoms with E-state index in [0.717, 1.165) is 41.0 Å². The lowest BCUT2D eigenvalue weighted by Crippen LogP contribution is -2.32. The van der Waals surface area contributed by atoms with Crippen molar-refractivity contribution < 1.29 is 9.21 Å². The molecule has 1 aliphatic rings. The second-order valence-corrected chi connectivity index (χ2v) is 9.49. The number of halogens is 1. The van der Waals surface area contributed by atoms with Crippen LogP contribution in [0.4, 0.5) is 0 Å². The molecule has 7 nitrogen and oxygen atoms in total. The van der Waals surface area contributed by atoms with Gasteiger partial charge < -0.3 is 14.3 Å². The molecule has 3 heterocycles. The predicted octanol–water partition coefficient (Wildman–Crippen LogP) is 4.89. The largest absolute Gasteiger partial charge is 0.419 e. The van der Waals surface area contributed by atoms with Crippen LogP contribution in [0.3, 0.4) is 0 Å². The fourth-order valence-electron chi connectivity index (χ4n) is 4.44. The Kier molecular flexibility index (Phi) is 6.65. The molecular weight excluding hydrogens is 450 g/mol. The number of amides is 1. The molecule has 0 radical (unpaired) electrons. The van der Waals surface area contributed by atoms with Crippen LogP contribution in [0.5, 0.6) is 0 Å². The Morgan fingerprint density at radius 2 is 1.97 bits per heavy atom. The van der Waals surface area contributed by atoms with Gasteiger partial charge in [-0.1, -0.05) is 48.9 Å². The highest BCUT2D eigenvalue weighted by Gasteiger charge is 2.20. The Labute approximate surface area is 203 Å². The first-order valence-electron chi connectivity index (χ1n) is 11.7. The minimum absolute atomic E-state index is 0.0853. The summed E-state index contributed by atoms with van der Waals surface area (Å²) >= 11 is 6.04. The van der Waals surface area contributed by atoms with Gasteiger partial charge in [-0.05, 0) is 55.6 Å². The van der Waals surface area contributed by atoms with Crippen LogP contribution >= 0.6 is 11.6 Å². The van der Waals surface area contributed by atoms with E-state index < -0.39 is 0 Å². The molecular formula is C26H28ClN5O2. The summed E-state index contributed by atoms with van der Waals surface area (Å²) in [6.07, 6.45) is 4.32. The van der Waals surface area contributed by atoms with Crippen molar-refractivity contribution in [2.75, 3.05) is 13.1 Å². The van der Waals surface area contributed by atoms with Crippen LogP contribution in [0.1, 0.15) is 31.2 Å². The summed E-state index contributed by atoms with van der Waals surface area (Å²) in [6, 6.07) is 15.4. The van der Waals surface area contributed by atoms with Crippen molar-refractivity contribution in [1.82, 2.24) is 25.0 Å². The zero-order chi connectivity index (χ0) is 23.5. The van der Waals surface area contributed by atoms with E-state index in [4.69, 9.17) is 16.0 Å². The lowest BCUT2D eigenvalue weighted by atomic mass is 9.99. The number of carbonyl (C=O) groups is 1. The van der Waals surface area contributed by atoms with Crippen LogP contribution in [-0.2, 0) is 24.4 Å². The van der Waals surface area contributed by atoms with Gasteiger partial charge in [-0.2, -0.15) is 0 Å². The van der Waals surface area contributed by atoms with Crippen LogP contribution in [-0.4, -0.2) is 38.7 Å². The third-order valence-corrected chi connectivity index (χ3v) is 6.65. The van der Waals surface area contributed by atoms with Gasteiger partial charge in [-0.25, -0.2) is 0 Å². The maximum Gasteiger partial charge on any atom is 0.249 e. The molecule has 0 atom stereocenters. The summed E-state index contributed by atoms with van der Waals surface area (Å²) in [5.41, 5.74) is 2.74. The number of para-hydroxylation sites is 1. The molecule has 1 amide bonds. The van der Waals surface area contributed by atoms with Crippen LogP contribution in [0, 0.1) is 5.92 Å². The molecule has 0 aliphatic carbocycles. The van der Waals surface area contributed by atoms with Gasteiger partial charge in [0.1, 0.15) is 6.54 Å². The van der Waals surface area contributed by atoms with Gasteiger partial charge in [0, 0.05) is 28.7 Å². The number of fused-ring (bicyclic) bond motifs is 1. The first-order chi connectivity index (χ1) is 16.5. The van der Waals surface area contributed by atoms with Crippen molar-refractivity contribution in [3.8, 4) is 11.5 Å². The number of nitrogens with one attached hydrogen (secondary N) is 1. The number of aromatic nitrogens is 3. The smallest absolute Gasteiger partial charge is 0.249 e. The average molecular weight is 478 g/mol. The first kappa shape index (κ1) is 22.6. The summed E-state index contributed by atoms with van der Waals surface area (Å²) in [4.78, 5) is 15.1. The van der Waals surface area contributed by atoms with Gasteiger partial charge in [0.25, 0.3) is 0 Å². The van der Waals surface area contributed by atoms with Gasteiger partial charge >= 0.3 is 0 Å². The van der Waals surface area contributed by atoms with E-state index in [0.29, 0.717) is 29.9 Å². The maximum absolute atomic E-state index is 12.7. The highest BCUT2D eigenvalue weighted by molar-refractivity contribution is 6.30. The number of nitrogens with zero attached hydrogens (tertiary/aromatic N) is 4. The molecule has 0 bridgehead atoms. The van der Waals surface area contributed by atoms with Gasteiger partial charge in [0.2, 0.25) is 17.7 Å². The Morgan fingerprint density at radius 3 is 2.79 bits per heavy atom. The van der Waals surface area contributed by atoms with Crippen molar-refractivity contribution in [3.63, 3.8) is 0 Å². The van der Waals surface area contributed by atoms with Crippen molar-refractivity contribution in [3.05, 3.63) is 71.2 Å². The molecule has 1 N–H and O–H groups in total. The summed E-state index contributed by atoms with van der Waals surface area (Å²) in [5.74, 6) is 1.80. The van der Waals surface area contributed by atoms with Crippen molar-refractivity contribution in [1.29, 1.82) is 0 Å². The molecule has 0 spiro atoms. The Morgan fingerprint density at radius 1 is 1.15 bits per heavy atom. The molecule has 5 rings (SSSR count). The number of hydrogen-bond donors (Lipinski definition) is 1. The lowest BCUT2D eigenvalue weighted by molar-refractivity contribution is -0.121. The van der Waals surface area contributed by atoms with Crippen LogP contribution < -0.4 is 5.32 Å². The zero-order valence-corrected chi connectivity index (χ0v) is 20.0. The number of benzene rings is 2. The number of likely N-dealkylation sites (tertiary alicyclic amines) is 1. The van der Waals surface area contributed by atoms with Gasteiger partial charge in [-0.15, -0.1) is 10.2 Å². The van der Waals surface area contributed by atoms with E-state index in [1.807, 2.05) is 59.3 Å². The van der Waals surface area contributed by atoms with Gasteiger partial charge in [0.05, 0.1) is 12.1 Å². The molecule has 1 aliphatic heterocycles. The first-order valence-corrected chi connectivity index (χ1v) is 12.1. The molecule has 1 saturated heterocycles. The fraction of sp³-hybridized carbons (Fsp3) is 0.346. The highest BCUT2D eigenvalue weighted by Crippen LogP contribution is 2.30. The Bertz CT molecular complexity index is 1290. The van der Waals surface area contributed by atoms with Crippen molar-refractivity contribution in [2.45, 2.75) is 39.4 Å². The van der Waals surface area contributed by atoms with E-state index in [1.165, 1.54) is 12.8 Å². The minimum Gasteiger partial charge on any atom is -0.419 e. The van der Waals surface area contributed by atoms with Crippen LogP contribution in [0.2, 0.25) is 5.02 Å². The molecule has 1 fully saturated rings. The summed E-state index contributed by atoms with van der Waals surface area (Å²) in [5, 5.41) is 13.2. The minimum atomic E-state index is -0.0853. The monoisotopic (exact) mass is 477 g/mol. The number of piperidine rings is 1. The second-order valence-electron chi connectivity index (χ2n) is 9.05. The number of rotatable bonds is 7. The lowest BCUT2D eigenvalue weighted by Gasteiger charge is -2.28. The zero-order valence-electron chi connectivity index (χ0n) is 19.2. The van der Waals surface area contributed by atoms with Crippen LogP contribution in [0.15, 0.2) is 59.1 Å². The fourth-order valence-corrected chi connectivity index (χ4v) is 4.66. The maximum atomic E-state index is 12.7. The normalized spacial score (nSPS) is 15.1.